The van der Waals surface area contributed by atoms with Crippen LogP contribution in [0.25, 0.3) is 0 Å². The number of rotatable bonds is 4. The SMILES string of the molecule is CC1CCN(c2c(F)cccc2CNC2CC2)CC1O. The maximum atomic E-state index is 14.2. The zero-order chi connectivity index (χ0) is 14.1. The lowest BCUT2D eigenvalue weighted by Gasteiger charge is -2.37. The summed E-state index contributed by atoms with van der Waals surface area (Å²) in [7, 11) is 0. The molecule has 2 unspecified atom stereocenters. The monoisotopic (exact) mass is 278 g/mol. The fraction of sp³-hybridized carbons (Fsp3) is 0.625. The highest BCUT2D eigenvalue weighted by atomic mass is 19.1. The van der Waals surface area contributed by atoms with Crippen molar-refractivity contribution in [2.24, 2.45) is 5.92 Å². The van der Waals surface area contributed by atoms with Crippen molar-refractivity contribution in [3.63, 3.8) is 0 Å². The number of hydrogen-bond donors (Lipinski definition) is 2. The van der Waals surface area contributed by atoms with Crippen LogP contribution in [0, 0.1) is 11.7 Å². The minimum atomic E-state index is -0.368. The average molecular weight is 278 g/mol. The highest BCUT2D eigenvalue weighted by Crippen LogP contribution is 2.30. The molecule has 1 aromatic carbocycles. The molecule has 1 aliphatic heterocycles. The van der Waals surface area contributed by atoms with E-state index in [1.807, 2.05) is 11.0 Å². The summed E-state index contributed by atoms with van der Waals surface area (Å²) in [5, 5.41) is 13.5. The molecule has 1 aliphatic carbocycles. The molecule has 1 saturated heterocycles. The molecule has 0 bridgehead atoms. The van der Waals surface area contributed by atoms with E-state index in [0.29, 0.717) is 30.7 Å². The molecule has 1 aromatic rings. The maximum Gasteiger partial charge on any atom is 0.146 e. The molecule has 2 aliphatic rings. The summed E-state index contributed by atoms with van der Waals surface area (Å²) < 4.78 is 14.2. The van der Waals surface area contributed by atoms with Crippen LogP contribution in [0.2, 0.25) is 0 Å². The van der Waals surface area contributed by atoms with Crippen LogP contribution >= 0.6 is 0 Å². The number of hydrogen-bond acceptors (Lipinski definition) is 3. The van der Waals surface area contributed by atoms with Gasteiger partial charge in [0.25, 0.3) is 0 Å². The van der Waals surface area contributed by atoms with E-state index < -0.39 is 0 Å². The Labute approximate surface area is 119 Å². The van der Waals surface area contributed by atoms with E-state index >= 15 is 0 Å². The third-order valence-electron chi connectivity index (χ3n) is 4.46. The van der Waals surface area contributed by atoms with Crippen molar-refractivity contribution in [2.75, 3.05) is 18.0 Å². The van der Waals surface area contributed by atoms with E-state index in [4.69, 9.17) is 0 Å². The third-order valence-corrected chi connectivity index (χ3v) is 4.46. The number of benzene rings is 1. The average Bonchev–Trinajstić information content (AvgIpc) is 3.24. The number of nitrogens with zero attached hydrogens (tertiary/aromatic N) is 1. The Kier molecular flexibility index (Phi) is 3.94. The number of anilines is 1. The molecular formula is C16H23FN2O. The van der Waals surface area contributed by atoms with Gasteiger partial charge in [-0.25, -0.2) is 4.39 Å². The summed E-state index contributed by atoms with van der Waals surface area (Å²) in [5.41, 5.74) is 1.67. The minimum Gasteiger partial charge on any atom is -0.391 e. The highest BCUT2D eigenvalue weighted by molar-refractivity contribution is 5.55. The van der Waals surface area contributed by atoms with Gasteiger partial charge < -0.3 is 15.3 Å². The fourth-order valence-electron chi connectivity index (χ4n) is 2.85. The predicted octanol–water partition coefficient (Wildman–Crippen LogP) is 2.28. The van der Waals surface area contributed by atoms with Crippen LogP contribution in [0.3, 0.4) is 0 Å². The molecule has 20 heavy (non-hydrogen) atoms. The lowest BCUT2D eigenvalue weighted by atomic mass is 9.95. The molecule has 110 valence electrons. The largest absolute Gasteiger partial charge is 0.391 e. The third kappa shape index (κ3) is 2.96. The molecule has 0 spiro atoms. The smallest absolute Gasteiger partial charge is 0.146 e. The molecule has 0 radical (unpaired) electrons. The van der Waals surface area contributed by atoms with E-state index in [1.165, 1.54) is 18.9 Å². The lowest BCUT2D eigenvalue weighted by Crippen LogP contribution is -2.43. The van der Waals surface area contributed by atoms with Crippen LogP contribution < -0.4 is 10.2 Å². The van der Waals surface area contributed by atoms with E-state index in [-0.39, 0.29) is 11.9 Å². The van der Waals surface area contributed by atoms with Crippen LogP contribution in [0.1, 0.15) is 31.7 Å². The Hall–Kier alpha value is -1.13. The second kappa shape index (κ2) is 5.70. The maximum absolute atomic E-state index is 14.2. The molecule has 4 heteroatoms. The van der Waals surface area contributed by atoms with Gasteiger partial charge in [0.2, 0.25) is 0 Å². The van der Waals surface area contributed by atoms with Crippen molar-refractivity contribution in [1.29, 1.82) is 0 Å². The van der Waals surface area contributed by atoms with Gasteiger partial charge >= 0.3 is 0 Å². The van der Waals surface area contributed by atoms with E-state index in [1.54, 1.807) is 6.07 Å². The number of aliphatic hydroxyl groups excluding tert-OH is 1. The van der Waals surface area contributed by atoms with Crippen molar-refractivity contribution in [3.05, 3.63) is 29.6 Å². The lowest BCUT2D eigenvalue weighted by molar-refractivity contribution is 0.102. The normalized spacial score (nSPS) is 26.9. The summed E-state index contributed by atoms with van der Waals surface area (Å²) in [6.45, 7) is 4.10. The molecule has 3 rings (SSSR count). The van der Waals surface area contributed by atoms with Gasteiger partial charge in [0.05, 0.1) is 11.8 Å². The Bertz CT molecular complexity index is 476. The molecule has 1 heterocycles. The molecular weight excluding hydrogens is 255 g/mol. The van der Waals surface area contributed by atoms with Crippen LogP contribution in [0.15, 0.2) is 18.2 Å². The Morgan fingerprint density at radius 1 is 1.35 bits per heavy atom. The van der Waals surface area contributed by atoms with Crippen LogP contribution in [-0.4, -0.2) is 30.3 Å². The summed E-state index contributed by atoms with van der Waals surface area (Å²) >= 11 is 0. The second-order valence-corrected chi connectivity index (χ2v) is 6.18. The van der Waals surface area contributed by atoms with Crippen molar-refractivity contribution in [2.45, 2.75) is 44.9 Å². The Morgan fingerprint density at radius 2 is 2.15 bits per heavy atom. The van der Waals surface area contributed by atoms with Gasteiger partial charge in [0.1, 0.15) is 5.82 Å². The first kappa shape index (κ1) is 13.8. The van der Waals surface area contributed by atoms with Gasteiger partial charge in [-0.05, 0) is 36.8 Å². The van der Waals surface area contributed by atoms with Gasteiger partial charge in [-0.15, -0.1) is 0 Å². The Balaban J connectivity index is 1.79. The summed E-state index contributed by atoms with van der Waals surface area (Å²) in [5.74, 6) is 0.118. The topological polar surface area (TPSA) is 35.5 Å². The number of para-hydroxylation sites is 1. The summed E-state index contributed by atoms with van der Waals surface area (Å²) in [6, 6.07) is 5.88. The van der Waals surface area contributed by atoms with E-state index in [2.05, 4.69) is 12.2 Å². The molecule has 2 atom stereocenters. The number of aliphatic hydroxyl groups is 1. The first-order valence-electron chi connectivity index (χ1n) is 7.59. The van der Waals surface area contributed by atoms with Crippen molar-refractivity contribution in [3.8, 4) is 0 Å². The first-order valence-corrected chi connectivity index (χ1v) is 7.59. The summed E-state index contributed by atoms with van der Waals surface area (Å²) in [6.07, 6.45) is 2.99. The van der Waals surface area contributed by atoms with Gasteiger partial charge in [0, 0.05) is 25.7 Å². The van der Waals surface area contributed by atoms with Crippen molar-refractivity contribution < 1.29 is 9.50 Å². The standard InChI is InChI=1S/C16H23FN2O/c1-11-7-8-19(10-15(11)20)16-12(3-2-4-14(16)17)9-18-13-5-6-13/h2-4,11,13,15,18,20H,5-10H2,1H3. The second-order valence-electron chi connectivity index (χ2n) is 6.18. The van der Waals surface area contributed by atoms with Crippen LogP contribution in [0.4, 0.5) is 10.1 Å². The molecule has 2 fully saturated rings. The van der Waals surface area contributed by atoms with E-state index in [9.17, 15) is 9.50 Å². The highest BCUT2D eigenvalue weighted by Gasteiger charge is 2.28. The zero-order valence-electron chi connectivity index (χ0n) is 12.0. The van der Waals surface area contributed by atoms with Crippen molar-refractivity contribution >= 4 is 5.69 Å². The number of halogens is 1. The van der Waals surface area contributed by atoms with E-state index in [0.717, 1.165) is 18.5 Å². The van der Waals surface area contributed by atoms with Gasteiger partial charge in [-0.3, -0.25) is 0 Å². The fourth-order valence-corrected chi connectivity index (χ4v) is 2.85. The molecule has 2 N–H and O–H groups in total. The molecule has 1 saturated carbocycles. The molecule has 0 aromatic heterocycles. The Morgan fingerprint density at radius 3 is 2.85 bits per heavy atom. The van der Waals surface area contributed by atoms with Crippen molar-refractivity contribution in [1.82, 2.24) is 5.32 Å². The predicted molar refractivity (Wildman–Crippen MR) is 78.3 cm³/mol. The minimum absolute atomic E-state index is 0.179. The molecule has 0 amide bonds. The summed E-state index contributed by atoms with van der Waals surface area (Å²) in [4.78, 5) is 2.00. The van der Waals surface area contributed by atoms with Crippen LogP contribution in [-0.2, 0) is 6.54 Å². The number of piperidine rings is 1. The zero-order valence-corrected chi connectivity index (χ0v) is 12.0. The number of β-amino-alcohol motifs (C(OH)–C–C–N with tert-alkyl or cyclic N) is 1. The van der Waals surface area contributed by atoms with Gasteiger partial charge in [-0.2, -0.15) is 0 Å². The number of nitrogens with one attached hydrogen (secondary N) is 1. The quantitative estimate of drug-likeness (QED) is 0.887. The molecule has 3 nitrogen and oxygen atoms in total. The van der Waals surface area contributed by atoms with Gasteiger partial charge in [-0.1, -0.05) is 19.1 Å². The van der Waals surface area contributed by atoms with Crippen LogP contribution in [0.5, 0.6) is 0 Å². The van der Waals surface area contributed by atoms with Gasteiger partial charge in [0.15, 0.2) is 0 Å². The first-order chi connectivity index (χ1) is 9.65.